The Bertz CT molecular complexity index is 1650. The molecule has 1 unspecified atom stereocenters. The lowest BCUT2D eigenvalue weighted by molar-refractivity contribution is -0.144. The Morgan fingerprint density at radius 3 is 2.13 bits per heavy atom. The van der Waals surface area contributed by atoms with Gasteiger partial charge in [-0.25, -0.2) is 4.79 Å². The van der Waals surface area contributed by atoms with Crippen molar-refractivity contribution in [2.24, 2.45) is 0 Å². The molecule has 0 spiro atoms. The van der Waals surface area contributed by atoms with Crippen LogP contribution in [0.15, 0.2) is 97.1 Å². The van der Waals surface area contributed by atoms with Crippen molar-refractivity contribution >= 4 is 29.4 Å². The number of carbonyl (C=O) groups excluding carboxylic acids is 3. The van der Waals surface area contributed by atoms with Gasteiger partial charge in [0, 0.05) is 13.1 Å². The molecule has 4 aromatic rings. The first-order valence-electron chi connectivity index (χ1n) is 14.8. The predicted molar refractivity (Wildman–Crippen MR) is 170 cm³/mol. The van der Waals surface area contributed by atoms with Crippen molar-refractivity contribution in [3.8, 4) is 16.9 Å². The molecule has 0 fully saturated rings. The largest absolute Gasteiger partial charge is 0.465 e. The highest BCUT2D eigenvalue weighted by Gasteiger charge is 2.30. The fraction of sp³-hybridized carbons (Fsp3) is 0.250. The lowest BCUT2D eigenvalue weighted by atomic mass is 9.94. The number of alkyl halides is 3. The maximum absolute atomic E-state index is 13.1. The monoisotopic (exact) mass is 651 g/mol. The van der Waals surface area contributed by atoms with Crippen LogP contribution in [0, 0.1) is 0 Å². The van der Waals surface area contributed by atoms with Gasteiger partial charge in [0.15, 0.2) is 0 Å². The van der Waals surface area contributed by atoms with Gasteiger partial charge in [-0.3, -0.25) is 9.59 Å². The van der Waals surface area contributed by atoms with Crippen LogP contribution in [0.3, 0.4) is 0 Å². The van der Waals surface area contributed by atoms with Gasteiger partial charge in [0.2, 0.25) is 5.91 Å². The van der Waals surface area contributed by atoms with Gasteiger partial charge >= 0.3 is 18.1 Å². The molecule has 10 heteroatoms. The molecule has 0 saturated carbocycles. The molecule has 4 aromatic carbocycles. The molecular formula is C36H33ClF3NO5. The highest BCUT2D eigenvalue weighted by molar-refractivity contribution is 6.32. The minimum Gasteiger partial charge on any atom is -0.465 e. The van der Waals surface area contributed by atoms with E-state index in [-0.39, 0.29) is 35.3 Å². The summed E-state index contributed by atoms with van der Waals surface area (Å²) in [5, 5.41) is 0.0830. The predicted octanol–water partition coefficient (Wildman–Crippen LogP) is 8.37. The zero-order valence-electron chi connectivity index (χ0n) is 25.4. The molecule has 0 aliphatic heterocycles. The quantitative estimate of drug-likeness (QED) is 0.114. The number of rotatable bonds is 12. The van der Waals surface area contributed by atoms with Crippen molar-refractivity contribution in [1.82, 2.24) is 4.90 Å². The van der Waals surface area contributed by atoms with Gasteiger partial charge < -0.3 is 14.4 Å². The summed E-state index contributed by atoms with van der Waals surface area (Å²) >= 11 is 6.39. The second-order valence-electron chi connectivity index (χ2n) is 10.4. The summed E-state index contributed by atoms with van der Waals surface area (Å²) in [7, 11) is 0. The second kappa shape index (κ2) is 15.6. The zero-order valence-corrected chi connectivity index (χ0v) is 26.1. The van der Waals surface area contributed by atoms with Crippen LogP contribution in [-0.4, -0.2) is 42.4 Å². The standard InChI is InChI=1S/C36H33ClF3NO5/c1-3-41(4-2)34(43)29(25-10-6-5-7-11-25)20-21-45-33(42)23-24-14-19-32(31(37)22-24)46-35(44)30-13-9-8-12-28(30)26-15-17-27(18-16-26)36(38,39)40/h5-19,22,29H,3-4,20-21,23H2,1-2H3. The number of hydrogen-bond donors (Lipinski definition) is 0. The van der Waals surface area contributed by atoms with Crippen molar-refractivity contribution in [1.29, 1.82) is 0 Å². The van der Waals surface area contributed by atoms with E-state index in [0.717, 1.165) is 17.7 Å². The molecule has 0 aliphatic carbocycles. The molecule has 240 valence electrons. The Morgan fingerprint density at radius 2 is 1.50 bits per heavy atom. The van der Waals surface area contributed by atoms with Gasteiger partial charge in [0.1, 0.15) is 5.75 Å². The molecule has 0 aliphatic rings. The van der Waals surface area contributed by atoms with Gasteiger partial charge in [0.05, 0.1) is 35.1 Å². The Hall–Kier alpha value is -4.63. The van der Waals surface area contributed by atoms with Crippen molar-refractivity contribution in [3.63, 3.8) is 0 Å². The highest BCUT2D eigenvalue weighted by atomic mass is 35.5. The third-order valence-electron chi connectivity index (χ3n) is 7.46. The molecule has 0 heterocycles. The maximum atomic E-state index is 13.1. The topological polar surface area (TPSA) is 72.9 Å². The van der Waals surface area contributed by atoms with Crippen LogP contribution in [0.2, 0.25) is 5.02 Å². The normalized spacial score (nSPS) is 11.9. The minimum atomic E-state index is -4.48. The molecule has 0 bridgehead atoms. The number of nitrogens with zero attached hydrogens (tertiary/aromatic N) is 1. The summed E-state index contributed by atoms with van der Waals surface area (Å²) in [4.78, 5) is 40.6. The number of amides is 1. The third kappa shape index (κ3) is 8.75. The van der Waals surface area contributed by atoms with E-state index in [4.69, 9.17) is 21.1 Å². The van der Waals surface area contributed by atoms with Crippen LogP contribution in [-0.2, 0) is 26.9 Å². The Balaban J connectivity index is 1.38. The number of ether oxygens (including phenoxy) is 2. The van der Waals surface area contributed by atoms with Crippen LogP contribution in [0.25, 0.3) is 11.1 Å². The number of halogens is 4. The Morgan fingerprint density at radius 1 is 0.848 bits per heavy atom. The number of hydrogen-bond acceptors (Lipinski definition) is 5. The van der Waals surface area contributed by atoms with E-state index in [2.05, 4.69) is 0 Å². The van der Waals surface area contributed by atoms with Crippen LogP contribution in [0.4, 0.5) is 13.2 Å². The van der Waals surface area contributed by atoms with E-state index in [0.29, 0.717) is 36.2 Å². The first-order valence-corrected chi connectivity index (χ1v) is 15.2. The van der Waals surface area contributed by atoms with E-state index in [1.807, 2.05) is 44.2 Å². The van der Waals surface area contributed by atoms with Crippen molar-refractivity contribution in [2.75, 3.05) is 19.7 Å². The SMILES string of the molecule is CCN(CC)C(=O)C(CCOC(=O)Cc1ccc(OC(=O)c2ccccc2-c2ccc(C(F)(F)F)cc2)c(Cl)c1)c1ccccc1. The summed E-state index contributed by atoms with van der Waals surface area (Å²) in [6.45, 7) is 5.05. The zero-order chi connectivity index (χ0) is 33.3. The highest BCUT2D eigenvalue weighted by Crippen LogP contribution is 2.33. The fourth-order valence-electron chi connectivity index (χ4n) is 5.03. The number of likely N-dealkylation sites (N-methyl/N-ethyl adjacent to an activating group) is 1. The number of carbonyl (C=O) groups is 3. The van der Waals surface area contributed by atoms with Crippen molar-refractivity contribution < 1.29 is 37.0 Å². The van der Waals surface area contributed by atoms with Gasteiger partial charge in [-0.1, -0.05) is 78.3 Å². The summed E-state index contributed by atoms with van der Waals surface area (Å²) in [5.74, 6) is -1.68. The lowest BCUT2D eigenvalue weighted by Gasteiger charge is -2.25. The average Bonchev–Trinajstić information content (AvgIpc) is 3.05. The molecule has 1 amide bonds. The minimum absolute atomic E-state index is 0.0221. The van der Waals surface area contributed by atoms with E-state index >= 15 is 0 Å². The van der Waals surface area contributed by atoms with Crippen molar-refractivity contribution in [2.45, 2.75) is 38.8 Å². The van der Waals surface area contributed by atoms with Crippen molar-refractivity contribution in [3.05, 3.63) is 124 Å². The van der Waals surface area contributed by atoms with Gasteiger partial charge in [0.25, 0.3) is 0 Å². The first kappa shape index (κ1) is 34.2. The molecule has 6 nitrogen and oxygen atoms in total. The second-order valence-corrected chi connectivity index (χ2v) is 10.8. The summed E-state index contributed by atoms with van der Waals surface area (Å²) in [5.41, 5.74) is 1.53. The molecule has 0 saturated heterocycles. The van der Waals surface area contributed by atoms with Gasteiger partial charge in [-0.15, -0.1) is 0 Å². The molecule has 4 rings (SSSR count). The molecular weight excluding hydrogens is 619 g/mol. The summed E-state index contributed by atoms with van der Waals surface area (Å²) in [6, 6.07) is 24.8. The molecule has 0 radical (unpaired) electrons. The lowest BCUT2D eigenvalue weighted by Crippen LogP contribution is -2.35. The van der Waals surface area contributed by atoms with E-state index in [1.165, 1.54) is 30.3 Å². The van der Waals surface area contributed by atoms with Crippen LogP contribution in [0.5, 0.6) is 5.75 Å². The molecule has 0 N–H and O–H groups in total. The first-order chi connectivity index (χ1) is 22.0. The molecule has 1 atom stereocenters. The summed E-state index contributed by atoms with van der Waals surface area (Å²) < 4.78 is 50.0. The van der Waals surface area contributed by atoms with E-state index in [9.17, 15) is 27.6 Å². The van der Waals surface area contributed by atoms with Crippen LogP contribution in [0.1, 0.15) is 53.2 Å². The molecule has 46 heavy (non-hydrogen) atoms. The fourth-order valence-corrected chi connectivity index (χ4v) is 5.27. The Kier molecular flexibility index (Phi) is 11.6. The Labute approximate surface area is 270 Å². The summed E-state index contributed by atoms with van der Waals surface area (Å²) in [6.07, 6.45) is -4.24. The number of benzene rings is 4. The number of esters is 2. The maximum Gasteiger partial charge on any atom is 0.416 e. The third-order valence-corrected chi connectivity index (χ3v) is 7.76. The van der Waals surface area contributed by atoms with Crippen LogP contribution >= 0.6 is 11.6 Å². The van der Waals surface area contributed by atoms with Gasteiger partial charge in [-0.2, -0.15) is 13.2 Å². The smallest absolute Gasteiger partial charge is 0.416 e. The van der Waals surface area contributed by atoms with E-state index in [1.54, 1.807) is 29.2 Å². The molecule has 0 aromatic heterocycles. The van der Waals surface area contributed by atoms with E-state index < -0.39 is 29.6 Å². The van der Waals surface area contributed by atoms with Crippen LogP contribution < -0.4 is 4.74 Å². The average molecular weight is 652 g/mol. The van der Waals surface area contributed by atoms with Gasteiger partial charge in [-0.05, 0) is 72.9 Å².